The van der Waals surface area contributed by atoms with E-state index in [-0.39, 0.29) is 6.04 Å². The molecule has 8 heteroatoms. The number of ether oxygens (including phenoxy) is 2. The van der Waals surface area contributed by atoms with Gasteiger partial charge in [-0.3, -0.25) is 0 Å². The number of aromatic nitrogens is 3. The van der Waals surface area contributed by atoms with Gasteiger partial charge in [-0.2, -0.15) is 0 Å². The van der Waals surface area contributed by atoms with Crippen LogP contribution in [0.1, 0.15) is 35.7 Å². The Labute approximate surface area is 183 Å². The van der Waals surface area contributed by atoms with Crippen molar-refractivity contribution < 1.29 is 9.47 Å². The van der Waals surface area contributed by atoms with Crippen LogP contribution in [-0.2, 0) is 20.1 Å². The Hall–Kier alpha value is -3.55. The molecule has 1 heterocycles. The van der Waals surface area contributed by atoms with E-state index in [1.54, 1.807) is 14.2 Å². The Morgan fingerprint density at radius 3 is 2.45 bits per heavy atom. The smallest absolute Gasteiger partial charge is 0.192 e. The van der Waals surface area contributed by atoms with Gasteiger partial charge >= 0.3 is 0 Å². The summed E-state index contributed by atoms with van der Waals surface area (Å²) >= 11 is 0. The lowest BCUT2D eigenvalue weighted by atomic mass is 10.1. The number of hydrogen-bond donors (Lipinski definition) is 2. The minimum Gasteiger partial charge on any atom is -0.493 e. The molecule has 1 atom stereocenters. The fourth-order valence-electron chi connectivity index (χ4n) is 3.10. The van der Waals surface area contributed by atoms with E-state index in [9.17, 15) is 0 Å². The van der Waals surface area contributed by atoms with Crippen molar-refractivity contribution in [3.8, 4) is 11.5 Å². The quantitative estimate of drug-likeness (QED) is 0.429. The van der Waals surface area contributed by atoms with Gasteiger partial charge in [-0.05, 0) is 37.1 Å². The topological polar surface area (TPSA) is 85.6 Å². The molecule has 0 fully saturated rings. The summed E-state index contributed by atoms with van der Waals surface area (Å²) in [5.74, 6) is 3.77. The molecule has 31 heavy (non-hydrogen) atoms. The molecule has 0 saturated carbocycles. The number of methoxy groups -OCH3 is 2. The summed E-state index contributed by atoms with van der Waals surface area (Å²) in [4.78, 5) is 4.78. The molecular formula is C23H30N6O2. The minimum absolute atomic E-state index is 0.0825. The van der Waals surface area contributed by atoms with Crippen molar-refractivity contribution in [2.24, 2.45) is 12.0 Å². The molecule has 0 spiro atoms. The third kappa shape index (κ3) is 5.75. The van der Waals surface area contributed by atoms with Gasteiger partial charge in [0.2, 0.25) is 0 Å². The molecule has 1 aromatic heterocycles. The summed E-state index contributed by atoms with van der Waals surface area (Å²) in [6, 6.07) is 16.1. The molecule has 1 unspecified atom stereocenters. The standard InChI is InChI=1S/C23H30N6O2/c1-16(19-9-7-6-8-10-19)26-23(25-15-22-28-27-17(2)29(22)3)24-14-18-11-12-20(30-4)21(13-18)31-5/h6-13,16H,14-15H2,1-5H3,(H2,24,25,26). The summed E-state index contributed by atoms with van der Waals surface area (Å²) in [6.45, 7) is 5.03. The zero-order valence-corrected chi connectivity index (χ0v) is 18.7. The van der Waals surface area contributed by atoms with Gasteiger partial charge in [0.25, 0.3) is 0 Å². The van der Waals surface area contributed by atoms with E-state index in [2.05, 4.69) is 39.9 Å². The van der Waals surface area contributed by atoms with E-state index in [1.807, 2.05) is 54.9 Å². The van der Waals surface area contributed by atoms with Gasteiger partial charge in [-0.1, -0.05) is 36.4 Å². The number of hydrogen-bond acceptors (Lipinski definition) is 5. The van der Waals surface area contributed by atoms with Crippen LogP contribution in [0.5, 0.6) is 11.5 Å². The molecule has 0 bridgehead atoms. The summed E-state index contributed by atoms with van der Waals surface area (Å²) in [5.41, 5.74) is 2.19. The van der Waals surface area contributed by atoms with Crippen LogP contribution in [0.4, 0.5) is 0 Å². The lowest BCUT2D eigenvalue weighted by molar-refractivity contribution is 0.354. The van der Waals surface area contributed by atoms with Crippen LogP contribution in [-0.4, -0.2) is 34.9 Å². The maximum Gasteiger partial charge on any atom is 0.192 e. The molecule has 0 aliphatic rings. The van der Waals surface area contributed by atoms with Crippen LogP contribution in [0.2, 0.25) is 0 Å². The van der Waals surface area contributed by atoms with Crippen molar-refractivity contribution in [3.05, 3.63) is 71.3 Å². The van der Waals surface area contributed by atoms with E-state index in [0.717, 1.165) is 17.2 Å². The second-order valence-electron chi connectivity index (χ2n) is 7.21. The van der Waals surface area contributed by atoms with Crippen LogP contribution in [0.15, 0.2) is 53.5 Å². The summed E-state index contributed by atoms with van der Waals surface area (Å²) in [7, 11) is 5.21. The summed E-state index contributed by atoms with van der Waals surface area (Å²) < 4.78 is 12.7. The van der Waals surface area contributed by atoms with E-state index >= 15 is 0 Å². The molecule has 164 valence electrons. The molecule has 2 aromatic carbocycles. The van der Waals surface area contributed by atoms with Crippen molar-refractivity contribution >= 4 is 5.96 Å². The molecule has 8 nitrogen and oxygen atoms in total. The molecule has 2 N–H and O–H groups in total. The van der Waals surface area contributed by atoms with E-state index in [4.69, 9.17) is 14.5 Å². The highest BCUT2D eigenvalue weighted by molar-refractivity contribution is 5.80. The number of aliphatic imine (C=N–C) groups is 1. The third-order valence-corrected chi connectivity index (χ3v) is 5.12. The zero-order valence-electron chi connectivity index (χ0n) is 18.7. The first-order valence-corrected chi connectivity index (χ1v) is 10.2. The molecule has 0 radical (unpaired) electrons. The van der Waals surface area contributed by atoms with Crippen molar-refractivity contribution in [3.63, 3.8) is 0 Å². The number of guanidine groups is 1. The Morgan fingerprint density at radius 1 is 1.06 bits per heavy atom. The second-order valence-corrected chi connectivity index (χ2v) is 7.21. The first kappa shape index (κ1) is 22.1. The first-order chi connectivity index (χ1) is 15.0. The fraction of sp³-hybridized carbons (Fsp3) is 0.348. The van der Waals surface area contributed by atoms with Crippen molar-refractivity contribution in [2.45, 2.75) is 33.0 Å². The molecular weight excluding hydrogens is 392 g/mol. The predicted octanol–water partition coefficient (Wildman–Crippen LogP) is 3.14. The Morgan fingerprint density at radius 2 is 1.81 bits per heavy atom. The summed E-state index contributed by atoms with van der Waals surface area (Å²) in [6.07, 6.45) is 0. The normalized spacial score (nSPS) is 12.4. The largest absolute Gasteiger partial charge is 0.493 e. The van der Waals surface area contributed by atoms with Crippen molar-refractivity contribution in [1.29, 1.82) is 0 Å². The van der Waals surface area contributed by atoms with Gasteiger partial charge in [-0.25, -0.2) is 4.99 Å². The van der Waals surface area contributed by atoms with Gasteiger partial charge < -0.3 is 24.7 Å². The molecule has 0 amide bonds. The zero-order chi connectivity index (χ0) is 22.2. The van der Waals surface area contributed by atoms with Gasteiger partial charge in [0.15, 0.2) is 23.3 Å². The molecule has 0 saturated heterocycles. The van der Waals surface area contributed by atoms with E-state index < -0.39 is 0 Å². The number of nitrogens with one attached hydrogen (secondary N) is 2. The lowest BCUT2D eigenvalue weighted by Gasteiger charge is -2.19. The van der Waals surface area contributed by atoms with Crippen LogP contribution in [0.25, 0.3) is 0 Å². The van der Waals surface area contributed by atoms with Gasteiger partial charge in [0.1, 0.15) is 5.82 Å². The van der Waals surface area contributed by atoms with Gasteiger partial charge in [-0.15, -0.1) is 10.2 Å². The number of nitrogens with zero attached hydrogens (tertiary/aromatic N) is 4. The fourth-order valence-corrected chi connectivity index (χ4v) is 3.10. The highest BCUT2D eigenvalue weighted by atomic mass is 16.5. The maximum atomic E-state index is 5.40. The monoisotopic (exact) mass is 422 g/mol. The maximum absolute atomic E-state index is 5.40. The summed E-state index contributed by atoms with van der Waals surface area (Å²) in [5, 5.41) is 15.2. The van der Waals surface area contributed by atoms with Crippen LogP contribution < -0.4 is 20.1 Å². The SMILES string of the molecule is COc1ccc(CN=C(NCc2nnc(C)n2C)NC(C)c2ccccc2)cc1OC. The van der Waals surface area contributed by atoms with Crippen molar-refractivity contribution in [2.75, 3.05) is 14.2 Å². The molecule has 0 aliphatic carbocycles. The molecule has 3 aromatic rings. The second kappa shape index (κ2) is 10.5. The van der Waals surface area contributed by atoms with E-state index in [1.165, 1.54) is 5.56 Å². The highest BCUT2D eigenvalue weighted by Gasteiger charge is 2.11. The van der Waals surface area contributed by atoms with Gasteiger partial charge in [0.05, 0.1) is 33.4 Å². The predicted molar refractivity (Wildman–Crippen MR) is 121 cm³/mol. The first-order valence-electron chi connectivity index (χ1n) is 10.2. The Kier molecular flexibility index (Phi) is 7.48. The molecule has 0 aliphatic heterocycles. The number of benzene rings is 2. The van der Waals surface area contributed by atoms with Gasteiger partial charge in [0, 0.05) is 7.05 Å². The highest BCUT2D eigenvalue weighted by Crippen LogP contribution is 2.27. The Balaban J connectivity index is 1.77. The average molecular weight is 423 g/mol. The number of aryl methyl sites for hydroxylation is 1. The minimum atomic E-state index is 0.0825. The van der Waals surface area contributed by atoms with Crippen LogP contribution in [0.3, 0.4) is 0 Å². The lowest BCUT2D eigenvalue weighted by Crippen LogP contribution is -2.39. The van der Waals surface area contributed by atoms with Crippen molar-refractivity contribution in [1.82, 2.24) is 25.4 Å². The third-order valence-electron chi connectivity index (χ3n) is 5.12. The van der Waals surface area contributed by atoms with Crippen LogP contribution in [0, 0.1) is 6.92 Å². The molecule has 3 rings (SSSR count). The Bertz CT molecular complexity index is 1020. The van der Waals surface area contributed by atoms with Crippen LogP contribution >= 0.6 is 0 Å². The number of rotatable bonds is 8. The average Bonchev–Trinajstić information content (AvgIpc) is 3.13. The van der Waals surface area contributed by atoms with E-state index in [0.29, 0.717) is 30.5 Å².